The van der Waals surface area contributed by atoms with E-state index in [4.69, 9.17) is 16.3 Å². The summed E-state index contributed by atoms with van der Waals surface area (Å²) in [5.74, 6) is -0.228. The summed E-state index contributed by atoms with van der Waals surface area (Å²) < 4.78 is 19.2. The van der Waals surface area contributed by atoms with E-state index in [2.05, 4.69) is 12.2 Å². The van der Waals surface area contributed by atoms with Crippen molar-refractivity contribution in [3.05, 3.63) is 34.6 Å². The van der Waals surface area contributed by atoms with Crippen molar-refractivity contribution < 1.29 is 9.13 Å². The molecular formula is C17H25ClFNO. The molecule has 0 saturated heterocycles. The monoisotopic (exact) mass is 313 g/mol. The second kappa shape index (κ2) is 7.57. The maximum Gasteiger partial charge on any atom is 0.123 e. The van der Waals surface area contributed by atoms with Crippen molar-refractivity contribution in [1.82, 2.24) is 5.32 Å². The smallest absolute Gasteiger partial charge is 0.123 e. The van der Waals surface area contributed by atoms with Crippen LogP contribution < -0.4 is 5.32 Å². The largest absolute Gasteiger partial charge is 0.378 e. The van der Waals surface area contributed by atoms with Gasteiger partial charge in [0.05, 0.1) is 5.60 Å². The Morgan fingerprint density at radius 2 is 2.19 bits per heavy atom. The highest BCUT2D eigenvalue weighted by Crippen LogP contribution is 2.39. The van der Waals surface area contributed by atoms with Crippen LogP contribution in [-0.2, 0) is 11.2 Å². The van der Waals surface area contributed by atoms with E-state index < -0.39 is 0 Å². The van der Waals surface area contributed by atoms with E-state index in [-0.39, 0.29) is 17.5 Å². The Labute approximate surface area is 132 Å². The molecule has 0 heterocycles. The summed E-state index contributed by atoms with van der Waals surface area (Å²) in [4.78, 5) is 0. The van der Waals surface area contributed by atoms with Crippen LogP contribution in [0.5, 0.6) is 0 Å². The molecule has 1 unspecified atom stereocenters. The van der Waals surface area contributed by atoms with Crippen molar-refractivity contribution in [2.24, 2.45) is 0 Å². The van der Waals surface area contributed by atoms with Crippen molar-refractivity contribution in [2.75, 3.05) is 13.7 Å². The van der Waals surface area contributed by atoms with Crippen molar-refractivity contribution >= 4 is 11.6 Å². The molecule has 0 aromatic heterocycles. The molecule has 1 aliphatic rings. The second-order valence-electron chi connectivity index (χ2n) is 6.04. The van der Waals surface area contributed by atoms with Crippen LogP contribution in [0.15, 0.2) is 18.2 Å². The molecule has 1 fully saturated rings. The van der Waals surface area contributed by atoms with Gasteiger partial charge in [0.2, 0.25) is 0 Å². The normalized spacial score (nSPS) is 18.3. The van der Waals surface area contributed by atoms with E-state index >= 15 is 0 Å². The topological polar surface area (TPSA) is 21.3 Å². The van der Waals surface area contributed by atoms with Gasteiger partial charge in [-0.15, -0.1) is 0 Å². The lowest BCUT2D eigenvalue weighted by atomic mass is 9.75. The lowest BCUT2D eigenvalue weighted by Crippen LogP contribution is -2.46. The number of halogens is 2. The van der Waals surface area contributed by atoms with Gasteiger partial charge in [0.25, 0.3) is 0 Å². The molecule has 21 heavy (non-hydrogen) atoms. The van der Waals surface area contributed by atoms with E-state index in [0.717, 1.165) is 44.2 Å². The van der Waals surface area contributed by atoms with Gasteiger partial charge in [-0.2, -0.15) is 0 Å². The van der Waals surface area contributed by atoms with E-state index in [1.165, 1.54) is 12.5 Å². The van der Waals surface area contributed by atoms with Crippen LogP contribution in [0.1, 0.15) is 44.6 Å². The number of benzene rings is 1. The predicted octanol–water partition coefficient (Wildman–Crippen LogP) is 4.35. The Hall–Kier alpha value is -0.640. The molecule has 2 rings (SSSR count). The first-order chi connectivity index (χ1) is 10.1. The Morgan fingerprint density at radius 3 is 2.76 bits per heavy atom. The summed E-state index contributed by atoms with van der Waals surface area (Å²) in [5, 5.41) is 4.20. The van der Waals surface area contributed by atoms with Gasteiger partial charge in [-0.05, 0) is 68.8 Å². The second-order valence-corrected chi connectivity index (χ2v) is 6.44. The van der Waals surface area contributed by atoms with Crippen LogP contribution in [0.4, 0.5) is 4.39 Å². The molecular weight excluding hydrogens is 289 g/mol. The number of hydrogen-bond acceptors (Lipinski definition) is 2. The molecule has 1 aromatic carbocycles. The molecule has 1 N–H and O–H groups in total. The lowest BCUT2D eigenvalue weighted by molar-refractivity contribution is -0.0834. The summed E-state index contributed by atoms with van der Waals surface area (Å²) in [6, 6.07) is 4.86. The van der Waals surface area contributed by atoms with E-state index in [9.17, 15) is 4.39 Å². The quantitative estimate of drug-likeness (QED) is 0.770. The average Bonchev–Trinajstić information content (AvgIpc) is 2.43. The predicted molar refractivity (Wildman–Crippen MR) is 85.4 cm³/mol. The molecule has 0 radical (unpaired) electrons. The molecule has 0 amide bonds. The van der Waals surface area contributed by atoms with Crippen molar-refractivity contribution in [3.8, 4) is 0 Å². The summed E-state index contributed by atoms with van der Waals surface area (Å²) in [5.41, 5.74) is 0.876. The van der Waals surface area contributed by atoms with Crippen LogP contribution in [0.25, 0.3) is 0 Å². The Kier molecular flexibility index (Phi) is 6.03. The third-order valence-electron chi connectivity index (χ3n) is 4.47. The third-order valence-corrected chi connectivity index (χ3v) is 4.84. The maximum atomic E-state index is 13.4. The first-order valence-corrected chi connectivity index (χ1v) is 8.19. The van der Waals surface area contributed by atoms with Crippen LogP contribution in [0.3, 0.4) is 0 Å². The van der Waals surface area contributed by atoms with Gasteiger partial charge < -0.3 is 10.1 Å². The SMILES string of the molecule is CCCNC(Cc1cc(F)ccc1Cl)CC1(OC)CCC1. The van der Waals surface area contributed by atoms with Crippen LogP contribution in [0, 0.1) is 5.82 Å². The zero-order chi connectivity index (χ0) is 15.3. The van der Waals surface area contributed by atoms with Crippen molar-refractivity contribution in [2.45, 2.75) is 57.1 Å². The van der Waals surface area contributed by atoms with Gasteiger partial charge in [0, 0.05) is 18.2 Å². The summed E-state index contributed by atoms with van der Waals surface area (Å²) >= 11 is 6.20. The Morgan fingerprint density at radius 1 is 1.43 bits per heavy atom. The zero-order valence-corrected chi connectivity index (χ0v) is 13.7. The molecule has 1 aromatic rings. The first-order valence-electron chi connectivity index (χ1n) is 7.81. The van der Waals surface area contributed by atoms with Gasteiger partial charge in [-0.25, -0.2) is 4.39 Å². The number of ether oxygens (including phenoxy) is 1. The average molecular weight is 314 g/mol. The van der Waals surface area contributed by atoms with Crippen molar-refractivity contribution in [3.63, 3.8) is 0 Å². The minimum Gasteiger partial charge on any atom is -0.378 e. The molecule has 2 nitrogen and oxygen atoms in total. The molecule has 1 aliphatic carbocycles. The highest BCUT2D eigenvalue weighted by Gasteiger charge is 2.38. The van der Waals surface area contributed by atoms with Crippen LogP contribution in [-0.4, -0.2) is 25.3 Å². The van der Waals surface area contributed by atoms with Gasteiger partial charge in [0.1, 0.15) is 5.82 Å². The highest BCUT2D eigenvalue weighted by molar-refractivity contribution is 6.31. The summed E-state index contributed by atoms with van der Waals surface area (Å²) in [6.07, 6.45) is 6.23. The molecule has 4 heteroatoms. The molecule has 0 aliphatic heterocycles. The van der Waals surface area contributed by atoms with Crippen LogP contribution >= 0.6 is 11.6 Å². The highest BCUT2D eigenvalue weighted by atomic mass is 35.5. The zero-order valence-electron chi connectivity index (χ0n) is 12.9. The van der Waals surface area contributed by atoms with Gasteiger partial charge in [0.15, 0.2) is 0 Å². The van der Waals surface area contributed by atoms with E-state index in [0.29, 0.717) is 5.02 Å². The maximum absolute atomic E-state index is 13.4. The number of methoxy groups -OCH3 is 1. The molecule has 0 bridgehead atoms. The Bertz CT molecular complexity index is 457. The molecule has 1 atom stereocenters. The van der Waals surface area contributed by atoms with E-state index in [1.54, 1.807) is 19.2 Å². The van der Waals surface area contributed by atoms with Gasteiger partial charge in [-0.1, -0.05) is 18.5 Å². The minimum absolute atomic E-state index is 0.00517. The number of rotatable bonds is 8. The third kappa shape index (κ3) is 4.41. The number of hydrogen-bond donors (Lipinski definition) is 1. The Balaban J connectivity index is 2.06. The number of nitrogens with one attached hydrogen (secondary N) is 1. The fourth-order valence-corrected chi connectivity index (χ4v) is 3.24. The molecule has 1 saturated carbocycles. The van der Waals surface area contributed by atoms with Crippen LogP contribution in [0.2, 0.25) is 5.02 Å². The van der Waals surface area contributed by atoms with Crippen molar-refractivity contribution in [1.29, 1.82) is 0 Å². The lowest BCUT2D eigenvalue weighted by Gasteiger charge is -2.43. The minimum atomic E-state index is -0.228. The summed E-state index contributed by atoms with van der Waals surface area (Å²) in [7, 11) is 1.80. The molecule has 0 spiro atoms. The van der Waals surface area contributed by atoms with E-state index in [1.807, 2.05) is 0 Å². The summed E-state index contributed by atoms with van der Waals surface area (Å²) in [6.45, 7) is 3.10. The van der Waals surface area contributed by atoms with Gasteiger partial charge in [-0.3, -0.25) is 0 Å². The van der Waals surface area contributed by atoms with Gasteiger partial charge >= 0.3 is 0 Å². The fraction of sp³-hybridized carbons (Fsp3) is 0.647. The molecule has 118 valence electrons. The first kappa shape index (κ1) is 16.7. The standard InChI is InChI=1S/C17H25ClFNO/c1-3-9-20-15(12-17(21-2)7-4-8-17)11-13-10-14(19)5-6-16(13)18/h5-6,10,15,20H,3-4,7-9,11-12H2,1-2H3. The fourth-order valence-electron chi connectivity index (χ4n) is 3.04.